The lowest BCUT2D eigenvalue weighted by molar-refractivity contribution is 1.36. The molecule has 0 fully saturated rings. The zero-order valence-corrected chi connectivity index (χ0v) is 7.61. The van der Waals surface area contributed by atoms with Crippen LogP contribution in [0.5, 0.6) is 0 Å². The van der Waals surface area contributed by atoms with Crippen molar-refractivity contribution in [3.63, 3.8) is 0 Å². The minimum atomic E-state index is 0.785. The Kier molecular flexibility index (Phi) is 1.70. The maximum absolute atomic E-state index is 5.03. The fraction of sp³-hybridized carbons (Fsp3) is 0.100. The molecule has 0 radical (unpaired) electrons. The van der Waals surface area contributed by atoms with Crippen LogP contribution in [0.15, 0.2) is 30.3 Å². The molecule has 0 unspecified atom stereocenters. The first-order valence-electron chi connectivity index (χ1n) is 3.86. The summed E-state index contributed by atoms with van der Waals surface area (Å²) in [6.07, 6.45) is 0. The van der Waals surface area contributed by atoms with Crippen LogP contribution >= 0.6 is 12.2 Å². The fourth-order valence-corrected chi connectivity index (χ4v) is 1.52. The van der Waals surface area contributed by atoms with E-state index in [0.29, 0.717) is 0 Å². The average molecular weight is 175 g/mol. The van der Waals surface area contributed by atoms with Crippen molar-refractivity contribution in [1.82, 2.24) is 4.98 Å². The average Bonchev–Trinajstić information content (AvgIpc) is 2.04. The number of benzene rings is 1. The molecule has 0 saturated carbocycles. The van der Waals surface area contributed by atoms with Crippen molar-refractivity contribution in [2.24, 2.45) is 0 Å². The molecule has 1 heterocycles. The van der Waals surface area contributed by atoms with Crippen LogP contribution in [0.3, 0.4) is 0 Å². The molecule has 2 heteroatoms. The van der Waals surface area contributed by atoms with Gasteiger partial charge in [0.05, 0.1) is 0 Å². The molecule has 1 N–H and O–H groups in total. The smallest absolute Gasteiger partial charge is 0.103 e. The Hall–Kier alpha value is -1.15. The molecule has 0 atom stereocenters. The first kappa shape index (κ1) is 7.50. The molecular weight excluding hydrogens is 166 g/mol. The Morgan fingerprint density at radius 1 is 1.17 bits per heavy atom. The minimum Gasteiger partial charge on any atom is -0.346 e. The van der Waals surface area contributed by atoms with Crippen molar-refractivity contribution in [2.75, 3.05) is 0 Å². The van der Waals surface area contributed by atoms with Crippen LogP contribution in [0.25, 0.3) is 10.9 Å². The summed E-state index contributed by atoms with van der Waals surface area (Å²) in [7, 11) is 0. The number of fused-ring (bicyclic) bond motifs is 1. The van der Waals surface area contributed by atoms with E-state index in [1.165, 1.54) is 10.9 Å². The summed E-state index contributed by atoms with van der Waals surface area (Å²) in [5, 5.41) is 1.24. The zero-order chi connectivity index (χ0) is 8.55. The SMILES string of the molecule is Cc1cccc2[nH]c(=S)ccc12. The molecule has 2 rings (SSSR count). The predicted molar refractivity (Wildman–Crippen MR) is 53.9 cm³/mol. The molecule has 1 nitrogen and oxygen atoms in total. The van der Waals surface area contributed by atoms with E-state index in [0.717, 1.165) is 10.2 Å². The molecule has 0 amide bonds. The largest absolute Gasteiger partial charge is 0.346 e. The molecule has 60 valence electrons. The van der Waals surface area contributed by atoms with E-state index in [4.69, 9.17) is 12.2 Å². The second kappa shape index (κ2) is 2.72. The van der Waals surface area contributed by atoms with Crippen LogP contribution in [0.2, 0.25) is 0 Å². The highest BCUT2D eigenvalue weighted by Gasteiger charge is 1.93. The van der Waals surface area contributed by atoms with Gasteiger partial charge in [0.25, 0.3) is 0 Å². The summed E-state index contributed by atoms with van der Waals surface area (Å²) < 4.78 is 0.785. The summed E-state index contributed by atoms with van der Waals surface area (Å²) in [6.45, 7) is 2.10. The Morgan fingerprint density at radius 3 is 2.83 bits per heavy atom. The maximum atomic E-state index is 5.03. The van der Waals surface area contributed by atoms with Gasteiger partial charge < -0.3 is 4.98 Å². The molecule has 2 aromatic rings. The molecule has 1 aromatic carbocycles. The van der Waals surface area contributed by atoms with E-state index in [-0.39, 0.29) is 0 Å². The van der Waals surface area contributed by atoms with Gasteiger partial charge in [-0.05, 0) is 30.7 Å². The van der Waals surface area contributed by atoms with Gasteiger partial charge in [-0.1, -0.05) is 24.4 Å². The van der Waals surface area contributed by atoms with Crippen molar-refractivity contribution >= 4 is 23.1 Å². The summed E-state index contributed by atoms with van der Waals surface area (Å²) in [4.78, 5) is 3.15. The van der Waals surface area contributed by atoms with E-state index in [1.54, 1.807) is 0 Å². The van der Waals surface area contributed by atoms with Crippen LogP contribution in [0.1, 0.15) is 5.56 Å². The highest BCUT2D eigenvalue weighted by Crippen LogP contribution is 2.14. The molecule has 0 bridgehead atoms. The number of H-pyrrole nitrogens is 1. The number of hydrogen-bond acceptors (Lipinski definition) is 1. The van der Waals surface area contributed by atoms with E-state index < -0.39 is 0 Å². The van der Waals surface area contributed by atoms with E-state index in [9.17, 15) is 0 Å². The predicted octanol–water partition coefficient (Wildman–Crippen LogP) is 3.21. The summed E-state index contributed by atoms with van der Waals surface area (Å²) in [5.41, 5.74) is 2.39. The fourth-order valence-electron chi connectivity index (χ4n) is 1.34. The number of rotatable bonds is 0. The van der Waals surface area contributed by atoms with Crippen molar-refractivity contribution in [3.05, 3.63) is 40.5 Å². The highest BCUT2D eigenvalue weighted by atomic mass is 32.1. The minimum absolute atomic E-state index is 0.785. The lowest BCUT2D eigenvalue weighted by atomic mass is 10.1. The molecule has 0 spiro atoms. The number of hydrogen-bond donors (Lipinski definition) is 1. The van der Waals surface area contributed by atoms with Crippen molar-refractivity contribution in [2.45, 2.75) is 6.92 Å². The van der Waals surface area contributed by atoms with Gasteiger partial charge in [-0.2, -0.15) is 0 Å². The first-order chi connectivity index (χ1) is 5.77. The van der Waals surface area contributed by atoms with E-state index in [1.807, 2.05) is 18.2 Å². The van der Waals surface area contributed by atoms with Crippen molar-refractivity contribution < 1.29 is 0 Å². The number of nitrogens with one attached hydrogen (secondary N) is 1. The molecule has 12 heavy (non-hydrogen) atoms. The third-order valence-electron chi connectivity index (χ3n) is 1.98. The Morgan fingerprint density at radius 2 is 2.00 bits per heavy atom. The lowest BCUT2D eigenvalue weighted by Crippen LogP contribution is -1.81. The molecule has 1 aromatic heterocycles. The normalized spacial score (nSPS) is 10.4. The third-order valence-corrected chi connectivity index (χ3v) is 2.22. The summed E-state index contributed by atoms with van der Waals surface area (Å²) >= 11 is 5.03. The summed E-state index contributed by atoms with van der Waals surface area (Å²) in [5.74, 6) is 0. The van der Waals surface area contributed by atoms with Crippen molar-refractivity contribution in [3.8, 4) is 0 Å². The molecular formula is C10H9NS. The Labute approximate surface area is 76.1 Å². The lowest BCUT2D eigenvalue weighted by Gasteiger charge is -1.99. The van der Waals surface area contributed by atoms with Gasteiger partial charge in [0.15, 0.2) is 0 Å². The topological polar surface area (TPSA) is 15.8 Å². The quantitative estimate of drug-likeness (QED) is 0.608. The van der Waals surface area contributed by atoms with Gasteiger partial charge in [0.1, 0.15) is 4.64 Å². The molecule has 0 aliphatic carbocycles. The van der Waals surface area contributed by atoms with Crippen LogP contribution < -0.4 is 0 Å². The van der Waals surface area contributed by atoms with Crippen LogP contribution in [0.4, 0.5) is 0 Å². The Bertz CT molecular complexity index is 470. The first-order valence-corrected chi connectivity index (χ1v) is 4.27. The van der Waals surface area contributed by atoms with Crippen LogP contribution in [0, 0.1) is 11.6 Å². The van der Waals surface area contributed by atoms with Gasteiger partial charge in [-0.3, -0.25) is 0 Å². The highest BCUT2D eigenvalue weighted by molar-refractivity contribution is 7.71. The molecule has 0 aliphatic heterocycles. The third kappa shape index (κ3) is 1.14. The van der Waals surface area contributed by atoms with Gasteiger partial charge in [-0.25, -0.2) is 0 Å². The number of aromatic amines is 1. The number of pyridine rings is 1. The van der Waals surface area contributed by atoms with Gasteiger partial charge >= 0.3 is 0 Å². The van der Waals surface area contributed by atoms with Crippen molar-refractivity contribution in [1.29, 1.82) is 0 Å². The molecule has 0 saturated heterocycles. The monoisotopic (exact) mass is 175 g/mol. The number of aromatic nitrogens is 1. The van der Waals surface area contributed by atoms with E-state index >= 15 is 0 Å². The van der Waals surface area contributed by atoms with Gasteiger partial charge in [0.2, 0.25) is 0 Å². The Balaban J connectivity index is 2.96. The zero-order valence-electron chi connectivity index (χ0n) is 6.79. The van der Waals surface area contributed by atoms with Gasteiger partial charge in [0, 0.05) is 10.9 Å². The summed E-state index contributed by atoms with van der Waals surface area (Å²) in [6, 6.07) is 10.1. The van der Waals surface area contributed by atoms with E-state index in [2.05, 4.69) is 24.0 Å². The second-order valence-electron chi connectivity index (χ2n) is 2.86. The molecule has 0 aliphatic rings. The standard InChI is InChI=1S/C10H9NS/c1-7-3-2-4-9-8(7)5-6-10(12)11-9/h2-6H,1H3,(H,11,12). The maximum Gasteiger partial charge on any atom is 0.103 e. The van der Waals surface area contributed by atoms with Gasteiger partial charge in [-0.15, -0.1) is 0 Å². The second-order valence-corrected chi connectivity index (χ2v) is 3.30. The van der Waals surface area contributed by atoms with Crippen LogP contribution in [-0.2, 0) is 0 Å². The van der Waals surface area contributed by atoms with Crippen LogP contribution in [-0.4, -0.2) is 4.98 Å². The number of aryl methyl sites for hydroxylation is 1.